The van der Waals surface area contributed by atoms with Crippen molar-refractivity contribution in [2.24, 2.45) is 0 Å². The van der Waals surface area contributed by atoms with Crippen LogP contribution in [0.3, 0.4) is 0 Å². The summed E-state index contributed by atoms with van der Waals surface area (Å²) in [5.74, 6) is 0. The number of hydrogen-bond donors (Lipinski definition) is 3. The van der Waals surface area contributed by atoms with E-state index in [2.05, 4.69) is 10.9 Å². The molecule has 0 saturated carbocycles. The monoisotopic (exact) mass is 197 g/mol. The van der Waals surface area contributed by atoms with Gasteiger partial charge in [0.15, 0.2) is 0 Å². The SMILES string of the molecule is O=[N+]([O-])c1cccc(NNCCO)c1. The number of aliphatic hydroxyl groups is 1. The Bertz CT molecular complexity index is 316. The Morgan fingerprint density at radius 3 is 2.93 bits per heavy atom. The molecule has 6 heteroatoms. The molecule has 0 unspecified atom stereocenters. The molecule has 0 radical (unpaired) electrons. The maximum Gasteiger partial charge on any atom is 0.271 e. The first-order valence-electron chi connectivity index (χ1n) is 4.08. The fourth-order valence-electron chi connectivity index (χ4n) is 0.918. The molecule has 76 valence electrons. The van der Waals surface area contributed by atoms with Crippen LogP contribution in [-0.4, -0.2) is 23.2 Å². The van der Waals surface area contributed by atoms with Crippen molar-refractivity contribution >= 4 is 11.4 Å². The van der Waals surface area contributed by atoms with Crippen LogP contribution in [0.25, 0.3) is 0 Å². The zero-order chi connectivity index (χ0) is 10.4. The summed E-state index contributed by atoms with van der Waals surface area (Å²) in [5, 5.41) is 18.9. The predicted molar refractivity (Wildman–Crippen MR) is 51.8 cm³/mol. The van der Waals surface area contributed by atoms with Crippen LogP contribution in [0.1, 0.15) is 0 Å². The highest BCUT2D eigenvalue weighted by molar-refractivity contribution is 5.50. The summed E-state index contributed by atoms with van der Waals surface area (Å²) in [6, 6.07) is 6.10. The van der Waals surface area contributed by atoms with Gasteiger partial charge in [0.05, 0.1) is 17.2 Å². The predicted octanol–water partition coefficient (Wildman–Crippen LogP) is 0.504. The van der Waals surface area contributed by atoms with E-state index in [4.69, 9.17) is 5.11 Å². The summed E-state index contributed by atoms with van der Waals surface area (Å²) in [4.78, 5) is 9.94. The van der Waals surface area contributed by atoms with Crippen molar-refractivity contribution in [2.75, 3.05) is 18.6 Å². The van der Waals surface area contributed by atoms with Crippen LogP contribution in [0, 0.1) is 10.1 Å². The van der Waals surface area contributed by atoms with Gasteiger partial charge in [-0.3, -0.25) is 10.1 Å². The first-order chi connectivity index (χ1) is 6.74. The molecule has 0 spiro atoms. The number of aliphatic hydroxyl groups excluding tert-OH is 1. The quantitative estimate of drug-likeness (QED) is 0.363. The Labute approximate surface area is 80.7 Å². The smallest absolute Gasteiger partial charge is 0.271 e. The summed E-state index contributed by atoms with van der Waals surface area (Å²) >= 11 is 0. The minimum Gasteiger partial charge on any atom is -0.395 e. The Hall–Kier alpha value is -1.66. The van der Waals surface area contributed by atoms with Gasteiger partial charge in [-0.1, -0.05) is 6.07 Å². The minimum absolute atomic E-state index is 0.00191. The molecule has 3 N–H and O–H groups in total. The Kier molecular flexibility index (Phi) is 3.84. The van der Waals surface area contributed by atoms with E-state index in [9.17, 15) is 10.1 Å². The van der Waals surface area contributed by atoms with Crippen LogP contribution in [0.4, 0.5) is 11.4 Å². The maximum absolute atomic E-state index is 10.4. The van der Waals surface area contributed by atoms with Crippen LogP contribution < -0.4 is 10.9 Å². The number of anilines is 1. The van der Waals surface area contributed by atoms with E-state index in [0.29, 0.717) is 12.2 Å². The summed E-state index contributed by atoms with van der Waals surface area (Å²) in [6.07, 6.45) is 0. The molecule has 1 aromatic carbocycles. The molecule has 0 bridgehead atoms. The fraction of sp³-hybridized carbons (Fsp3) is 0.250. The highest BCUT2D eigenvalue weighted by Gasteiger charge is 2.04. The molecule has 1 rings (SSSR count). The molecule has 0 aliphatic rings. The zero-order valence-corrected chi connectivity index (χ0v) is 7.43. The normalized spacial score (nSPS) is 9.79. The number of nitro groups is 1. The van der Waals surface area contributed by atoms with Crippen LogP contribution >= 0.6 is 0 Å². The molecule has 0 aromatic heterocycles. The molecule has 0 fully saturated rings. The van der Waals surface area contributed by atoms with Crippen LogP contribution in [0.15, 0.2) is 24.3 Å². The van der Waals surface area contributed by atoms with Crippen molar-refractivity contribution in [1.29, 1.82) is 0 Å². The molecule has 0 amide bonds. The van der Waals surface area contributed by atoms with Gasteiger partial charge in [0.25, 0.3) is 5.69 Å². The third-order valence-corrected chi connectivity index (χ3v) is 1.53. The second-order valence-electron chi connectivity index (χ2n) is 2.58. The summed E-state index contributed by atoms with van der Waals surface area (Å²) in [6.45, 7) is 0.380. The minimum atomic E-state index is -0.461. The van der Waals surface area contributed by atoms with E-state index in [-0.39, 0.29) is 12.3 Å². The van der Waals surface area contributed by atoms with Crippen molar-refractivity contribution < 1.29 is 10.0 Å². The van der Waals surface area contributed by atoms with Crippen molar-refractivity contribution in [1.82, 2.24) is 5.43 Å². The summed E-state index contributed by atoms with van der Waals surface area (Å²) in [5.41, 5.74) is 6.04. The lowest BCUT2D eigenvalue weighted by Gasteiger charge is -2.05. The Morgan fingerprint density at radius 2 is 2.29 bits per heavy atom. The average molecular weight is 197 g/mol. The first-order valence-corrected chi connectivity index (χ1v) is 4.08. The average Bonchev–Trinajstić information content (AvgIpc) is 2.19. The van der Waals surface area contributed by atoms with Gasteiger partial charge in [0.1, 0.15) is 0 Å². The maximum atomic E-state index is 10.4. The summed E-state index contributed by atoms with van der Waals surface area (Å²) < 4.78 is 0. The van der Waals surface area contributed by atoms with E-state index >= 15 is 0 Å². The van der Waals surface area contributed by atoms with Crippen molar-refractivity contribution in [3.63, 3.8) is 0 Å². The van der Waals surface area contributed by atoms with E-state index in [1.54, 1.807) is 12.1 Å². The molecule has 0 atom stereocenters. The molecule has 14 heavy (non-hydrogen) atoms. The van der Waals surface area contributed by atoms with Gasteiger partial charge in [-0.15, -0.1) is 0 Å². The van der Waals surface area contributed by atoms with Gasteiger partial charge < -0.3 is 10.5 Å². The number of hydrogen-bond acceptors (Lipinski definition) is 5. The topological polar surface area (TPSA) is 87.4 Å². The Balaban J connectivity index is 2.59. The number of non-ortho nitro benzene ring substituents is 1. The number of benzene rings is 1. The zero-order valence-electron chi connectivity index (χ0n) is 7.43. The second kappa shape index (κ2) is 5.15. The van der Waals surface area contributed by atoms with Crippen LogP contribution in [-0.2, 0) is 0 Å². The van der Waals surface area contributed by atoms with Crippen LogP contribution in [0.5, 0.6) is 0 Å². The lowest BCUT2D eigenvalue weighted by molar-refractivity contribution is -0.384. The molecule has 0 aliphatic carbocycles. The lowest BCUT2D eigenvalue weighted by Crippen LogP contribution is -2.24. The number of hydrazine groups is 1. The van der Waals surface area contributed by atoms with Crippen LogP contribution in [0.2, 0.25) is 0 Å². The van der Waals surface area contributed by atoms with Gasteiger partial charge in [-0.2, -0.15) is 0 Å². The number of nitro benzene ring substituents is 1. The highest BCUT2D eigenvalue weighted by Crippen LogP contribution is 2.15. The molecule has 0 aliphatic heterocycles. The molecule has 0 heterocycles. The highest BCUT2D eigenvalue weighted by atomic mass is 16.6. The number of nitrogens with one attached hydrogen (secondary N) is 2. The van der Waals surface area contributed by atoms with Crippen molar-refractivity contribution in [3.8, 4) is 0 Å². The van der Waals surface area contributed by atoms with Crippen molar-refractivity contribution in [3.05, 3.63) is 34.4 Å². The number of rotatable bonds is 5. The molecule has 6 nitrogen and oxygen atoms in total. The fourth-order valence-corrected chi connectivity index (χ4v) is 0.918. The Morgan fingerprint density at radius 1 is 1.50 bits per heavy atom. The van der Waals surface area contributed by atoms with Gasteiger partial charge >= 0.3 is 0 Å². The lowest BCUT2D eigenvalue weighted by atomic mass is 10.3. The van der Waals surface area contributed by atoms with Gasteiger partial charge in [-0.25, -0.2) is 5.43 Å². The second-order valence-corrected chi connectivity index (χ2v) is 2.58. The first kappa shape index (κ1) is 10.4. The van der Waals surface area contributed by atoms with E-state index in [1.165, 1.54) is 12.1 Å². The van der Waals surface area contributed by atoms with E-state index in [0.717, 1.165) is 0 Å². The largest absolute Gasteiger partial charge is 0.395 e. The van der Waals surface area contributed by atoms with Crippen molar-refractivity contribution in [2.45, 2.75) is 0 Å². The standard InChI is InChI=1S/C8H11N3O3/c12-5-4-9-10-7-2-1-3-8(6-7)11(13)14/h1-3,6,9-10,12H,4-5H2. The van der Waals surface area contributed by atoms with E-state index < -0.39 is 4.92 Å². The number of nitrogens with zero attached hydrogens (tertiary/aromatic N) is 1. The molecule has 0 saturated heterocycles. The van der Waals surface area contributed by atoms with Gasteiger partial charge in [-0.05, 0) is 6.07 Å². The molecular formula is C8H11N3O3. The van der Waals surface area contributed by atoms with E-state index in [1.807, 2.05) is 0 Å². The molecular weight excluding hydrogens is 186 g/mol. The molecule has 1 aromatic rings. The summed E-state index contributed by atoms with van der Waals surface area (Å²) in [7, 11) is 0. The third-order valence-electron chi connectivity index (χ3n) is 1.53. The van der Waals surface area contributed by atoms with Gasteiger partial charge in [0, 0.05) is 18.7 Å². The third kappa shape index (κ3) is 3.00. The van der Waals surface area contributed by atoms with Gasteiger partial charge in [0.2, 0.25) is 0 Å².